The molecule has 0 radical (unpaired) electrons. The molecule has 158 valence electrons. The molecule has 0 atom stereocenters. The third-order valence-corrected chi connectivity index (χ3v) is 4.16. The molecule has 0 fully saturated rings. The largest absolute Gasteiger partial charge is 0.573 e. The topological polar surface area (TPSA) is 107 Å². The van der Waals surface area contributed by atoms with Crippen LogP contribution in [-0.4, -0.2) is 36.2 Å². The zero-order valence-corrected chi connectivity index (χ0v) is 15.9. The standard InChI is InChI=1S/C17H14ClF3N6O3/c1-27-16(24-25-26-27)23-15(29)10-7-8-11(30-17(19,20)21)13(12(10)18)22-14(28)9-5-3-2-4-6-9/h2-8,25-26H,1H3,(H,22,28)(H,23,24,29). The Hall–Kier alpha value is -3.51. The Morgan fingerprint density at radius 1 is 1.10 bits per heavy atom. The molecule has 0 bridgehead atoms. The summed E-state index contributed by atoms with van der Waals surface area (Å²) in [7, 11) is 1.55. The summed E-state index contributed by atoms with van der Waals surface area (Å²) < 4.78 is 42.3. The highest BCUT2D eigenvalue weighted by molar-refractivity contribution is 6.37. The summed E-state index contributed by atoms with van der Waals surface area (Å²) in [5.41, 5.74) is 4.41. The molecule has 1 aliphatic rings. The normalized spacial score (nSPS) is 13.4. The smallest absolute Gasteiger partial charge is 0.404 e. The van der Waals surface area contributed by atoms with Crippen LogP contribution in [0.3, 0.4) is 0 Å². The van der Waals surface area contributed by atoms with Crippen molar-refractivity contribution in [3.8, 4) is 5.75 Å². The van der Waals surface area contributed by atoms with Crippen molar-refractivity contribution in [2.75, 3.05) is 12.4 Å². The van der Waals surface area contributed by atoms with Gasteiger partial charge in [-0.1, -0.05) is 29.8 Å². The number of guanidine groups is 1. The number of hydrazine groups is 2. The molecule has 2 amide bonds. The average Bonchev–Trinajstić information content (AvgIpc) is 3.08. The van der Waals surface area contributed by atoms with E-state index >= 15 is 0 Å². The molecule has 2 aromatic rings. The molecule has 4 N–H and O–H groups in total. The lowest BCUT2D eigenvalue weighted by Gasteiger charge is -2.18. The number of nitrogens with one attached hydrogen (secondary N) is 4. The zero-order chi connectivity index (χ0) is 21.9. The first-order valence-electron chi connectivity index (χ1n) is 8.24. The molecule has 1 heterocycles. The summed E-state index contributed by atoms with van der Waals surface area (Å²) in [5, 5.41) is 9.34. The van der Waals surface area contributed by atoms with E-state index in [9.17, 15) is 22.8 Å². The Morgan fingerprint density at radius 2 is 1.80 bits per heavy atom. The molecule has 0 saturated carbocycles. The molecule has 0 aliphatic carbocycles. The second-order valence-corrected chi connectivity index (χ2v) is 6.22. The van der Waals surface area contributed by atoms with Crippen molar-refractivity contribution >= 4 is 35.1 Å². The van der Waals surface area contributed by atoms with Crippen molar-refractivity contribution in [2.45, 2.75) is 6.36 Å². The van der Waals surface area contributed by atoms with Crippen LogP contribution in [0, 0.1) is 0 Å². The lowest BCUT2D eigenvalue weighted by Crippen LogP contribution is -2.45. The minimum atomic E-state index is -5.04. The van der Waals surface area contributed by atoms with Crippen LogP contribution < -0.4 is 26.4 Å². The van der Waals surface area contributed by atoms with Gasteiger partial charge in [0.25, 0.3) is 11.8 Å². The molecule has 30 heavy (non-hydrogen) atoms. The molecular formula is C17H14ClF3N6O3. The number of anilines is 1. The summed E-state index contributed by atoms with van der Waals surface area (Å²) in [6.45, 7) is 0. The summed E-state index contributed by atoms with van der Waals surface area (Å²) >= 11 is 6.18. The van der Waals surface area contributed by atoms with E-state index in [0.717, 1.165) is 12.1 Å². The Bertz CT molecular complexity index is 1000. The average molecular weight is 443 g/mol. The lowest BCUT2D eigenvalue weighted by molar-refractivity contribution is -0.274. The predicted octanol–water partition coefficient (Wildman–Crippen LogP) is 2.45. The van der Waals surface area contributed by atoms with Gasteiger partial charge in [0.05, 0.1) is 10.6 Å². The van der Waals surface area contributed by atoms with Crippen molar-refractivity contribution in [3.05, 3.63) is 58.6 Å². The molecule has 9 nitrogen and oxygen atoms in total. The highest BCUT2D eigenvalue weighted by atomic mass is 35.5. The molecule has 2 aromatic carbocycles. The number of hydrogen-bond acceptors (Lipinski definition) is 7. The van der Waals surface area contributed by atoms with Gasteiger partial charge >= 0.3 is 6.36 Å². The number of carbonyl (C=O) groups is 2. The minimum Gasteiger partial charge on any atom is -0.404 e. The molecule has 1 aliphatic heterocycles. The second-order valence-electron chi connectivity index (χ2n) is 5.84. The summed E-state index contributed by atoms with van der Waals surface area (Å²) in [6, 6.07) is 9.65. The fourth-order valence-electron chi connectivity index (χ4n) is 2.40. The van der Waals surface area contributed by atoms with Gasteiger partial charge in [-0.15, -0.1) is 23.8 Å². The van der Waals surface area contributed by atoms with E-state index < -0.39 is 34.6 Å². The number of hydrazone groups is 1. The molecule has 3 rings (SSSR count). The molecule has 0 saturated heterocycles. The lowest BCUT2D eigenvalue weighted by atomic mass is 10.1. The van der Waals surface area contributed by atoms with Crippen molar-refractivity contribution in [1.82, 2.24) is 21.4 Å². The van der Waals surface area contributed by atoms with E-state index in [4.69, 9.17) is 11.6 Å². The molecule has 0 spiro atoms. The van der Waals surface area contributed by atoms with Crippen LogP contribution in [0.2, 0.25) is 5.02 Å². The quantitative estimate of drug-likeness (QED) is 0.579. The predicted molar refractivity (Wildman–Crippen MR) is 101 cm³/mol. The first kappa shape index (κ1) is 21.2. The number of benzene rings is 2. The first-order chi connectivity index (χ1) is 14.2. The van der Waals surface area contributed by atoms with E-state index in [2.05, 4.69) is 31.5 Å². The van der Waals surface area contributed by atoms with Gasteiger partial charge in [0, 0.05) is 12.6 Å². The van der Waals surface area contributed by atoms with Crippen LogP contribution in [0.4, 0.5) is 18.9 Å². The first-order valence-corrected chi connectivity index (χ1v) is 8.61. The number of ether oxygens (including phenoxy) is 1. The van der Waals surface area contributed by atoms with Crippen LogP contribution in [-0.2, 0) is 0 Å². The van der Waals surface area contributed by atoms with Crippen LogP contribution in [0.5, 0.6) is 5.75 Å². The van der Waals surface area contributed by atoms with E-state index in [-0.39, 0.29) is 17.1 Å². The van der Waals surface area contributed by atoms with Crippen LogP contribution in [0.15, 0.2) is 47.6 Å². The molecule has 13 heteroatoms. The van der Waals surface area contributed by atoms with E-state index in [1.54, 1.807) is 25.2 Å². The number of alkyl halides is 3. The SMILES string of the molecule is CN1NNN=C1NC(=O)c1ccc(OC(F)(F)F)c(NC(=O)c2ccccc2)c1Cl. The highest BCUT2D eigenvalue weighted by Gasteiger charge is 2.34. The fourth-order valence-corrected chi connectivity index (χ4v) is 2.69. The highest BCUT2D eigenvalue weighted by Crippen LogP contribution is 2.38. The maximum atomic E-state index is 12.8. The van der Waals surface area contributed by atoms with Crippen LogP contribution in [0.1, 0.15) is 20.7 Å². The molecule has 0 aromatic heterocycles. The third kappa shape index (κ3) is 4.90. The van der Waals surface area contributed by atoms with Crippen molar-refractivity contribution in [3.63, 3.8) is 0 Å². The summed E-state index contributed by atoms with van der Waals surface area (Å²) in [4.78, 5) is 25.0. The second kappa shape index (κ2) is 8.47. The number of halogens is 4. The number of rotatable bonds is 4. The van der Waals surface area contributed by atoms with Crippen molar-refractivity contribution in [1.29, 1.82) is 0 Å². The maximum absolute atomic E-state index is 12.8. The van der Waals surface area contributed by atoms with Gasteiger partial charge in [0.1, 0.15) is 5.69 Å². The Morgan fingerprint density at radius 3 is 2.40 bits per heavy atom. The van der Waals surface area contributed by atoms with E-state index in [0.29, 0.717) is 0 Å². The van der Waals surface area contributed by atoms with Gasteiger partial charge in [0.2, 0.25) is 5.96 Å². The Balaban J connectivity index is 1.95. The van der Waals surface area contributed by atoms with Gasteiger partial charge in [-0.3, -0.25) is 19.9 Å². The summed E-state index contributed by atoms with van der Waals surface area (Å²) in [6.07, 6.45) is -5.04. The van der Waals surface area contributed by atoms with Crippen molar-refractivity contribution < 1.29 is 27.5 Å². The fraction of sp³-hybridized carbons (Fsp3) is 0.118. The van der Waals surface area contributed by atoms with Crippen LogP contribution >= 0.6 is 11.6 Å². The Labute approximate surface area is 172 Å². The van der Waals surface area contributed by atoms with Gasteiger partial charge in [-0.05, 0) is 24.3 Å². The number of carbonyl (C=O) groups excluding carboxylic acids is 2. The van der Waals surface area contributed by atoms with Gasteiger partial charge in [-0.2, -0.15) is 0 Å². The number of amides is 2. The third-order valence-electron chi connectivity index (χ3n) is 3.77. The maximum Gasteiger partial charge on any atom is 0.573 e. The van der Waals surface area contributed by atoms with Gasteiger partial charge in [0.15, 0.2) is 5.75 Å². The van der Waals surface area contributed by atoms with Gasteiger partial charge < -0.3 is 10.1 Å². The monoisotopic (exact) mass is 442 g/mol. The number of nitrogens with zero attached hydrogens (tertiary/aromatic N) is 2. The van der Waals surface area contributed by atoms with Crippen LogP contribution in [0.25, 0.3) is 0 Å². The zero-order valence-electron chi connectivity index (χ0n) is 15.2. The van der Waals surface area contributed by atoms with E-state index in [1.165, 1.54) is 17.1 Å². The molecular weight excluding hydrogens is 429 g/mol. The Kier molecular flexibility index (Phi) is 5.99. The summed E-state index contributed by atoms with van der Waals surface area (Å²) in [5.74, 6) is -2.20. The number of hydrogen-bond donors (Lipinski definition) is 4. The van der Waals surface area contributed by atoms with Crippen molar-refractivity contribution in [2.24, 2.45) is 5.10 Å². The van der Waals surface area contributed by atoms with Gasteiger partial charge in [-0.25, -0.2) is 5.53 Å². The van der Waals surface area contributed by atoms with E-state index in [1.807, 2.05) is 0 Å². The minimum absolute atomic E-state index is 0.0848. The molecule has 0 unspecified atom stereocenters.